The number of hydrogen-bond acceptors (Lipinski definition) is 6. The molecule has 0 radical (unpaired) electrons. The predicted molar refractivity (Wildman–Crippen MR) is 108 cm³/mol. The molecule has 0 N–H and O–H groups in total. The maximum Gasteiger partial charge on any atom is 0.349 e. The van der Waals surface area contributed by atoms with E-state index in [1.54, 1.807) is 31.4 Å². The number of nitrogens with zero attached hydrogens (tertiary/aromatic N) is 2. The Morgan fingerprint density at radius 3 is 2.59 bits per heavy atom. The number of ketones is 1. The van der Waals surface area contributed by atoms with Gasteiger partial charge in [-0.05, 0) is 43.7 Å². The number of methoxy groups -OCH3 is 2. The van der Waals surface area contributed by atoms with Crippen LogP contribution >= 0.6 is 0 Å². The van der Waals surface area contributed by atoms with Crippen LogP contribution in [0.3, 0.4) is 0 Å². The van der Waals surface area contributed by atoms with Crippen LogP contribution in [0, 0.1) is 25.2 Å². The molecule has 0 saturated heterocycles. The number of carbonyl (C=O) groups is 2. The standard InChI is InChI=1S/C22H24N2O5/c1-15-11-17(16(2)24(15)9-10-27-3)12-18(13-23)22(26)29-14-20(25)19-7-5-6-8-21(19)28-4/h5-8,11-12H,9-10,14H2,1-4H3/b18-12+. The largest absolute Gasteiger partial charge is 0.496 e. The van der Waals surface area contributed by atoms with Gasteiger partial charge < -0.3 is 18.8 Å². The Hall–Kier alpha value is -3.37. The summed E-state index contributed by atoms with van der Waals surface area (Å²) in [7, 11) is 3.09. The van der Waals surface area contributed by atoms with Gasteiger partial charge in [-0.2, -0.15) is 5.26 Å². The summed E-state index contributed by atoms with van der Waals surface area (Å²) in [5.41, 5.74) is 2.77. The molecule has 1 aromatic carbocycles. The molecular formula is C22H24N2O5. The van der Waals surface area contributed by atoms with Gasteiger partial charge in [0.15, 0.2) is 6.61 Å². The molecule has 29 heavy (non-hydrogen) atoms. The number of para-hydroxylation sites is 1. The molecule has 1 heterocycles. The van der Waals surface area contributed by atoms with Crippen LogP contribution in [0.5, 0.6) is 5.75 Å². The van der Waals surface area contributed by atoms with Crippen molar-refractivity contribution in [2.45, 2.75) is 20.4 Å². The van der Waals surface area contributed by atoms with Crippen LogP contribution in [0.1, 0.15) is 27.3 Å². The SMILES string of the molecule is COCCn1c(C)cc(/C=C(\C#N)C(=O)OCC(=O)c2ccccc2OC)c1C. The molecule has 0 aliphatic heterocycles. The van der Waals surface area contributed by atoms with E-state index in [0.29, 0.717) is 24.5 Å². The minimum Gasteiger partial charge on any atom is -0.496 e. The molecule has 0 aliphatic rings. The normalized spacial score (nSPS) is 11.1. The molecule has 2 aromatic rings. The van der Waals surface area contributed by atoms with Gasteiger partial charge in [0.25, 0.3) is 0 Å². The van der Waals surface area contributed by atoms with E-state index in [9.17, 15) is 14.9 Å². The molecular weight excluding hydrogens is 372 g/mol. The average molecular weight is 396 g/mol. The van der Waals surface area contributed by atoms with E-state index >= 15 is 0 Å². The Kier molecular flexibility index (Phi) is 7.75. The van der Waals surface area contributed by atoms with Crippen molar-refractivity contribution in [2.24, 2.45) is 0 Å². The number of aryl methyl sites for hydroxylation is 1. The van der Waals surface area contributed by atoms with Gasteiger partial charge in [0, 0.05) is 25.0 Å². The number of rotatable bonds is 9. The Morgan fingerprint density at radius 2 is 1.93 bits per heavy atom. The fourth-order valence-corrected chi connectivity index (χ4v) is 2.95. The lowest BCUT2D eigenvalue weighted by atomic mass is 10.1. The van der Waals surface area contributed by atoms with Crippen LogP contribution in [-0.2, 0) is 20.8 Å². The minimum absolute atomic E-state index is 0.176. The highest BCUT2D eigenvalue weighted by molar-refractivity contribution is 6.03. The predicted octanol–water partition coefficient (Wildman–Crippen LogP) is 3.09. The van der Waals surface area contributed by atoms with E-state index < -0.39 is 18.4 Å². The third-order valence-corrected chi connectivity index (χ3v) is 4.51. The third-order valence-electron chi connectivity index (χ3n) is 4.51. The molecule has 1 aromatic heterocycles. The van der Waals surface area contributed by atoms with Crippen LogP contribution in [-0.4, -0.2) is 43.8 Å². The molecule has 2 rings (SSSR count). The summed E-state index contributed by atoms with van der Waals surface area (Å²) in [6.45, 7) is 4.58. The van der Waals surface area contributed by atoms with Gasteiger partial charge in [-0.15, -0.1) is 0 Å². The van der Waals surface area contributed by atoms with E-state index in [0.717, 1.165) is 17.0 Å². The first-order chi connectivity index (χ1) is 13.9. The van der Waals surface area contributed by atoms with E-state index in [1.165, 1.54) is 13.2 Å². The lowest BCUT2D eigenvalue weighted by molar-refractivity contribution is -0.137. The zero-order chi connectivity index (χ0) is 21.4. The molecule has 0 aliphatic carbocycles. The first kappa shape index (κ1) is 21.9. The summed E-state index contributed by atoms with van der Waals surface area (Å²) >= 11 is 0. The molecule has 0 unspecified atom stereocenters. The summed E-state index contributed by atoms with van der Waals surface area (Å²) in [5.74, 6) is -0.864. The van der Waals surface area contributed by atoms with Crippen molar-refractivity contribution in [3.05, 3.63) is 58.4 Å². The van der Waals surface area contributed by atoms with Crippen LogP contribution in [0.15, 0.2) is 35.9 Å². The van der Waals surface area contributed by atoms with Crippen molar-refractivity contribution in [3.8, 4) is 11.8 Å². The highest BCUT2D eigenvalue weighted by Crippen LogP contribution is 2.20. The molecule has 0 saturated carbocycles. The van der Waals surface area contributed by atoms with Crippen LogP contribution in [0.25, 0.3) is 6.08 Å². The number of carbonyl (C=O) groups excluding carboxylic acids is 2. The number of aromatic nitrogens is 1. The lowest BCUT2D eigenvalue weighted by Gasteiger charge is -2.08. The molecule has 7 heteroatoms. The Labute approximate surface area is 170 Å². The van der Waals surface area contributed by atoms with Crippen molar-refractivity contribution < 1.29 is 23.8 Å². The molecule has 0 spiro atoms. The second kappa shape index (κ2) is 10.2. The second-order valence-electron chi connectivity index (χ2n) is 6.34. The fourth-order valence-electron chi connectivity index (χ4n) is 2.95. The Morgan fingerprint density at radius 1 is 1.21 bits per heavy atom. The van der Waals surface area contributed by atoms with E-state index in [1.807, 2.05) is 30.6 Å². The fraction of sp³-hybridized carbons (Fsp3) is 0.318. The monoisotopic (exact) mass is 396 g/mol. The smallest absolute Gasteiger partial charge is 0.349 e. The van der Waals surface area contributed by atoms with Gasteiger partial charge in [0.05, 0.1) is 19.3 Å². The zero-order valence-electron chi connectivity index (χ0n) is 17.0. The van der Waals surface area contributed by atoms with Crippen molar-refractivity contribution in [1.29, 1.82) is 5.26 Å². The third kappa shape index (κ3) is 5.33. The number of ether oxygens (including phenoxy) is 3. The molecule has 152 valence electrons. The molecule has 0 fully saturated rings. The van der Waals surface area contributed by atoms with E-state index in [-0.39, 0.29) is 5.57 Å². The Bertz CT molecular complexity index is 966. The minimum atomic E-state index is -0.850. The maximum absolute atomic E-state index is 12.3. The summed E-state index contributed by atoms with van der Waals surface area (Å²) in [6.07, 6.45) is 1.47. The zero-order valence-corrected chi connectivity index (χ0v) is 17.0. The summed E-state index contributed by atoms with van der Waals surface area (Å²) in [6, 6.07) is 10.4. The average Bonchev–Trinajstić information content (AvgIpc) is 3.00. The number of hydrogen-bond donors (Lipinski definition) is 0. The molecule has 7 nitrogen and oxygen atoms in total. The number of Topliss-reactive ketones (excluding diaryl/α,β-unsaturated/α-hetero) is 1. The molecule has 0 amide bonds. The molecule has 0 atom stereocenters. The van der Waals surface area contributed by atoms with Gasteiger partial charge in [-0.1, -0.05) is 12.1 Å². The number of esters is 1. The van der Waals surface area contributed by atoms with Crippen molar-refractivity contribution in [2.75, 3.05) is 27.4 Å². The molecule has 0 bridgehead atoms. The summed E-state index contributed by atoms with van der Waals surface area (Å²) in [4.78, 5) is 24.6. The van der Waals surface area contributed by atoms with E-state index in [2.05, 4.69) is 0 Å². The van der Waals surface area contributed by atoms with Gasteiger partial charge in [-0.25, -0.2) is 4.79 Å². The number of nitriles is 1. The first-order valence-electron chi connectivity index (χ1n) is 9.03. The van der Waals surface area contributed by atoms with Crippen LogP contribution in [0.4, 0.5) is 0 Å². The Balaban J connectivity index is 2.13. The maximum atomic E-state index is 12.3. The quantitative estimate of drug-likeness (QED) is 0.280. The van der Waals surface area contributed by atoms with Crippen molar-refractivity contribution in [1.82, 2.24) is 4.57 Å². The highest BCUT2D eigenvalue weighted by atomic mass is 16.5. The van der Waals surface area contributed by atoms with Gasteiger partial charge in [0.1, 0.15) is 17.4 Å². The first-order valence-corrected chi connectivity index (χ1v) is 9.03. The van der Waals surface area contributed by atoms with Crippen molar-refractivity contribution in [3.63, 3.8) is 0 Å². The van der Waals surface area contributed by atoms with Crippen LogP contribution in [0.2, 0.25) is 0 Å². The topological polar surface area (TPSA) is 90.5 Å². The van der Waals surface area contributed by atoms with Gasteiger partial charge in [-0.3, -0.25) is 4.79 Å². The van der Waals surface area contributed by atoms with Gasteiger partial charge in [0.2, 0.25) is 5.78 Å². The lowest BCUT2D eigenvalue weighted by Crippen LogP contribution is -2.15. The second-order valence-corrected chi connectivity index (χ2v) is 6.34. The van der Waals surface area contributed by atoms with Crippen molar-refractivity contribution >= 4 is 17.8 Å². The number of benzene rings is 1. The summed E-state index contributed by atoms with van der Waals surface area (Å²) in [5, 5.41) is 9.38. The van der Waals surface area contributed by atoms with Gasteiger partial charge >= 0.3 is 5.97 Å². The highest BCUT2D eigenvalue weighted by Gasteiger charge is 2.18. The van der Waals surface area contributed by atoms with E-state index in [4.69, 9.17) is 14.2 Å². The summed E-state index contributed by atoms with van der Waals surface area (Å²) < 4.78 is 17.4. The van der Waals surface area contributed by atoms with Crippen LogP contribution < -0.4 is 4.74 Å².